The van der Waals surface area contributed by atoms with Crippen LogP contribution in [0.5, 0.6) is 23.0 Å². The molecule has 1 aromatic heterocycles. The first-order chi connectivity index (χ1) is 16.2. The third kappa shape index (κ3) is 4.73. The molecule has 174 valence electrons. The van der Waals surface area contributed by atoms with Crippen molar-refractivity contribution in [3.05, 3.63) is 93.8 Å². The van der Waals surface area contributed by atoms with E-state index in [1.54, 1.807) is 31.2 Å². The molecule has 0 atom stereocenters. The van der Waals surface area contributed by atoms with Crippen LogP contribution in [-0.4, -0.2) is 13.1 Å². The Kier molecular flexibility index (Phi) is 6.02. The molecule has 0 fully saturated rings. The minimum atomic E-state index is -5.01. The Morgan fingerprint density at radius 1 is 0.912 bits per heavy atom. The van der Waals surface area contributed by atoms with Crippen LogP contribution in [0.15, 0.2) is 75.9 Å². The van der Waals surface area contributed by atoms with Crippen LogP contribution in [0.1, 0.15) is 21.7 Å². The van der Waals surface area contributed by atoms with Crippen molar-refractivity contribution in [3.8, 4) is 23.0 Å². The van der Waals surface area contributed by atoms with E-state index < -0.39 is 34.7 Å². The summed E-state index contributed by atoms with van der Waals surface area (Å²) in [6, 6.07) is 15.8. The van der Waals surface area contributed by atoms with Crippen LogP contribution >= 0.6 is 0 Å². The fourth-order valence-electron chi connectivity index (χ4n) is 3.19. The highest BCUT2D eigenvalue weighted by Gasteiger charge is 2.40. The van der Waals surface area contributed by atoms with E-state index in [9.17, 15) is 22.8 Å². The summed E-state index contributed by atoms with van der Waals surface area (Å²) < 4.78 is 61.8. The molecule has 0 bridgehead atoms. The van der Waals surface area contributed by atoms with Gasteiger partial charge in [0, 0.05) is 6.07 Å². The van der Waals surface area contributed by atoms with Gasteiger partial charge in [0.1, 0.15) is 22.8 Å². The van der Waals surface area contributed by atoms with Crippen LogP contribution in [0.2, 0.25) is 0 Å². The van der Waals surface area contributed by atoms with Crippen molar-refractivity contribution in [3.63, 3.8) is 0 Å². The molecular formula is C25H17F3O6. The third-order valence-corrected chi connectivity index (χ3v) is 4.83. The van der Waals surface area contributed by atoms with Crippen LogP contribution in [0, 0.1) is 6.92 Å². The first kappa shape index (κ1) is 22.9. The highest BCUT2D eigenvalue weighted by atomic mass is 19.4. The van der Waals surface area contributed by atoms with Gasteiger partial charge in [-0.05, 0) is 61.0 Å². The van der Waals surface area contributed by atoms with Gasteiger partial charge in [0.05, 0.1) is 18.1 Å². The summed E-state index contributed by atoms with van der Waals surface area (Å²) in [5.41, 5.74) is -0.489. The quantitative estimate of drug-likeness (QED) is 0.258. The molecule has 4 aromatic rings. The number of hydrogen-bond acceptors (Lipinski definition) is 6. The van der Waals surface area contributed by atoms with E-state index in [2.05, 4.69) is 0 Å². The van der Waals surface area contributed by atoms with Gasteiger partial charge < -0.3 is 18.6 Å². The molecule has 6 nitrogen and oxygen atoms in total. The molecule has 0 saturated carbocycles. The number of esters is 1. The van der Waals surface area contributed by atoms with Gasteiger partial charge in [-0.1, -0.05) is 12.1 Å². The summed E-state index contributed by atoms with van der Waals surface area (Å²) in [5.74, 6) is -2.83. The van der Waals surface area contributed by atoms with Crippen molar-refractivity contribution in [1.29, 1.82) is 0 Å². The van der Waals surface area contributed by atoms with Crippen LogP contribution in [0.25, 0.3) is 11.0 Å². The van der Waals surface area contributed by atoms with Gasteiger partial charge in [0.2, 0.25) is 11.2 Å². The molecule has 0 aliphatic carbocycles. The summed E-state index contributed by atoms with van der Waals surface area (Å²) in [6.45, 7) is 1.73. The van der Waals surface area contributed by atoms with E-state index in [1.807, 2.05) is 0 Å². The topological polar surface area (TPSA) is 75.0 Å². The predicted octanol–water partition coefficient (Wildman–Crippen LogP) is 6.14. The Morgan fingerprint density at radius 3 is 2.26 bits per heavy atom. The van der Waals surface area contributed by atoms with Gasteiger partial charge >= 0.3 is 12.1 Å². The molecule has 0 radical (unpaired) electrons. The van der Waals surface area contributed by atoms with E-state index in [-0.39, 0.29) is 22.4 Å². The maximum absolute atomic E-state index is 13.7. The molecule has 0 saturated heterocycles. The van der Waals surface area contributed by atoms with Gasteiger partial charge in [-0.2, -0.15) is 13.2 Å². The SMILES string of the molecule is COc1ccc(C(=O)Oc2ccc3c(=O)c(Oc4cccc(C)c4)c(C(F)(F)F)oc3c2)cc1. The number of fused-ring (bicyclic) bond motifs is 1. The summed E-state index contributed by atoms with van der Waals surface area (Å²) >= 11 is 0. The monoisotopic (exact) mass is 470 g/mol. The van der Waals surface area contributed by atoms with Crippen LogP contribution in [0.3, 0.4) is 0 Å². The number of benzene rings is 3. The highest BCUT2D eigenvalue weighted by molar-refractivity contribution is 5.91. The van der Waals surface area contributed by atoms with Crippen molar-refractivity contribution in [1.82, 2.24) is 0 Å². The van der Waals surface area contributed by atoms with Gasteiger partial charge in [-0.15, -0.1) is 0 Å². The number of halogens is 3. The second kappa shape index (κ2) is 8.93. The Morgan fingerprint density at radius 2 is 1.62 bits per heavy atom. The molecule has 0 spiro atoms. The molecule has 34 heavy (non-hydrogen) atoms. The lowest BCUT2D eigenvalue weighted by Crippen LogP contribution is -2.15. The summed E-state index contributed by atoms with van der Waals surface area (Å²) in [4.78, 5) is 25.3. The molecule has 9 heteroatoms. The summed E-state index contributed by atoms with van der Waals surface area (Å²) in [7, 11) is 1.47. The maximum atomic E-state index is 13.7. The van der Waals surface area contributed by atoms with Crippen molar-refractivity contribution >= 4 is 16.9 Å². The average molecular weight is 470 g/mol. The fourth-order valence-corrected chi connectivity index (χ4v) is 3.19. The number of alkyl halides is 3. The number of methoxy groups -OCH3 is 1. The normalized spacial score (nSPS) is 11.3. The molecule has 0 N–H and O–H groups in total. The first-order valence-corrected chi connectivity index (χ1v) is 9.94. The predicted molar refractivity (Wildman–Crippen MR) is 117 cm³/mol. The number of hydrogen-bond donors (Lipinski definition) is 0. The van der Waals surface area contributed by atoms with Crippen molar-refractivity contribution in [2.24, 2.45) is 0 Å². The lowest BCUT2D eigenvalue weighted by molar-refractivity contribution is -0.154. The molecule has 0 unspecified atom stereocenters. The van der Waals surface area contributed by atoms with Crippen LogP contribution < -0.4 is 19.6 Å². The molecule has 0 aliphatic heterocycles. The Labute approximate surface area is 191 Å². The molecule has 1 heterocycles. The zero-order valence-corrected chi connectivity index (χ0v) is 17.9. The molecule has 4 rings (SSSR count). The number of aryl methyl sites for hydroxylation is 1. The smallest absolute Gasteiger partial charge is 0.453 e. The molecule has 0 aliphatic rings. The number of carbonyl (C=O) groups excluding carboxylic acids is 1. The maximum Gasteiger partial charge on any atom is 0.453 e. The number of carbonyl (C=O) groups is 1. The minimum Gasteiger partial charge on any atom is -0.497 e. The first-order valence-electron chi connectivity index (χ1n) is 9.94. The highest BCUT2D eigenvalue weighted by Crippen LogP contribution is 2.38. The van der Waals surface area contributed by atoms with Crippen LogP contribution in [-0.2, 0) is 6.18 Å². The lowest BCUT2D eigenvalue weighted by Gasteiger charge is -2.14. The third-order valence-electron chi connectivity index (χ3n) is 4.83. The fraction of sp³-hybridized carbons (Fsp3) is 0.120. The Bertz CT molecular complexity index is 1420. The standard InChI is InChI=1S/C25H17F3O6/c1-14-4-3-5-17(12-14)32-22-21(29)19-11-10-18(13-20(19)34-23(22)25(26,27)28)33-24(30)15-6-8-16(31-2)9-7-15/h3-13H,1-2H3. The van der Waals surface area contributed by atoms with E-state index in [0.717, 1.165) is 11.6 Å². The Balaban J connectivity index is 1.72. The minimum absolute atomic E-state index is 0.0576. The van der Waals surface area contributed by atoms with Gasteiger partial charge in [0.25, 0.3) is 5.76 Å². The summed E-state index contributed by atoms with van der Waals surface area (Å²) in [6.07, 6.45) is -5.01. The summed E-state index contributed by atoms with van der Waals surface area (Å²) in [5, 5.41) is -0.167. The number of ether oxygens (including phenoxy) is 3. The zero-order valence-electron chi connectivity index (χ0n) is 17.9. The Hall–Kier alpha value is -4.27. The van der Waals surface area contributed by atoms with Crippen molar-refractivity contribution < 1.29 is 36.6 Å². The van der Waals surface area contributed by atoms with E-state index in [0.29, 0.717) is 5.75 Å². The molecular weight excluding hydrogens is 453 g/mol. The van der Waals surface area contributed by atoms with Crippen LogP contribution in [0.4, 0.5) is 13.2 Å². The number of rotatable bonds is 5. The van der Waals surface area contributed by atoms with Gasteiger partial charge in [-0.3, -0.25) is 4.79 Å². The van der Waals surface area contributed by atoms with Gasteiger partial charge in [-0.25, -0.2) is 4.79 Å². The second-order valence-electron chi connectivity index (χ2n) is 7.28. The van der Waals surface area contributed by atoms with Crippen molar-refractivity contribution in [2.75, 3.05) is 7.11 Å². The van der Waals surface area contributed by atoms with Gasteiger partial charge in [0.15, 0.2) is 0 Å². The van der Waals surface area contributed by atoms with E-state index in [1.165, 1.54) is 43.5 Å². The molecule has 0 amide bonds. The average Bonchev–Trinajstić information content (AvgIpc) is 2.80. The molecule has 3 aromatic carbocycles. The van der Waals surface area contributed by atoms with Crippen molar-refractivity contribution in [2.45, 2.75) is 13.1 Å². The largest absolute Gasteiger partial charge is 0.497 e. The van der Waals surface area contributed by atoms with E-state index >= 15 is 0 Å². The second-order valence-corrected chi connectivity index (χ2v) is 7.28. The lowest BCUT2D eigenvalue weighted by atomic mass is 10.2. The zero-order chi connectivity index (χ0) is 24.5. The van der Waals surface area contributed by atoms with E-state index in [4.69, 9.17) is 18.6 Å².